The third-order valence-corrected chi connectivity index (χ3v) is 4.56. The highest BCUT2D eigenvalue weighted by molar-refractivity contribution is 9.10. The van der Waals surface area contributed by atoms with Crippen LogP contribution in [0.5, 0.6) is 5.75 Å². The van der Waals surface area contributed by atoms with Crippen LogP contribution in [0.15, 0.2) is 40.9 Å². The second kappa shape index (κ2) is 7.22. The summed E-state index contributed by atoms with van der Waals surface area (Å²) in [6.45, 7) is 0. The van der Waals surface area contributed by atoms with Crippen LogP contribution in [0.3, 0.4) is 0 Å². The fourth-order valence-corrected chi connectivity index (χ4v) is 2.78. The monoisotopic (exact) mass is 372 g/mol. The van der Waals surface area contributed by atoms with Gasteiger partial charge in [-0.25, -0.2) is 4.39 Å². The van der Waals surface area contributed by atoms with Crippen LogP contribution in [0, 0.1) is 5.82 Å². The summed E-state index contributed by atoms with van der Waals surface area (Å²) in [5.74, 6) is 5.44. The van der Waals surface area contributed by atoms with E-state index in [1.165, 1.54) is 7.11 Å². The van der Waals surface area contributed by atoms with Gasteiger partial charge in [0.2, 0.25) is 0 Å². The first-order valence-electron chi connectivity index (χ1n) is 6.30. The minimum atomic E-state index is -0.383. The van der Waals surface area contributed by atoms with Gasteiger partial charge in [-0.1, -0.05) is 35.9 Å². The maximum absolute atomic E-state index is 14.2. The van der Waals surface area contributed by atoms with Crippen molar-refractivity contribution in [1.82, 2.24) is 5.43 Å². The standard InChI is InChI=1S/C15H15BrClFN2O/c1-21-13-7-2-4-9(15(13)18)8-12(20-19)10-5-3-6-11(16)14(10)17/h2-7,12,20H,8,19H2,1H3. The molecule has 0 aliphatic rings. The zero-order chi connectivity index (χ0) is 15.4. The van der Waals surface area contributed by atoms with Crippen molar-refractivity contribution in [2.75, 3.05) is 7.11 Å². The van der Waals surface area contributed by atoms with E-state index >= 15 is 0 Å². The van der Waals surface area contributed by atoms with Crippen LogP contribution >= 0.6 is 27.5 Å². The molecule has 3 nitrogen and oxygen atoms in total. The van der Waals surface area contributed by atoms with Crippen LogP contribution in [-0.2, 0) is 6.42 Å². The lowest BCUT2D eigenvalue weighted by Gasteiger charge is -2.19. The summed E-state index contributed by atoms with van der Waals surface area (Å²) < 4.78 is 20.0. The zero-order valence-corrected chi connectivity index (χ0v) is 13.7. The smallest absolute Gasteiger partial charge is 0.168 e. The Hall–Kier alpha value is -1.14. The van der Waals surface area contributed by atoms with Gasteiger partial charge in [-0.05, 0) is 45.6 Å². The molecular weight excluding hydrogens is 359 g/mol. The van der Waals surface area contributed by atoms with E-state index in [0.29, 0.717) is 17.0 Å². The lowest BCUT2D eigenvalue weighted by atomic mass is 9.99. The van der Waals surface area contributed by atoms with E-state index < -0.39 is 0 Å². The number of methoxy groups -OCH3 is 1. The third kappa shape index (κ3) is 3.55. The average Bonchev–Trinajstić information content (AvgIpc) is 2.49. The van der Waals surface area contributed by atoms with E-state index in [0.717, 1.165) is 10.0 Å². The van der Waals surface area contributed by atoms with E-state index in [2.05, 4.69) is 21.4 Å². The summed E-state index contributed by atoms with van der Waals surface area (Å²) in [4.78, 5) is 0. The van der Waals surface area contributed by atoms with Gasteiger partial charge in [0.05, 0.1) is 18.2 Å². The number of hydrogen-bond acceptors (Lipinski definition) is 3. The van der Waals surface area contributed by atoms with Crippen LogP contribution in [0.4, 0.5) is 4.39 Å². The maximum atomic E-state index is 14.2. The number of halogens is 3. The molecule has 0 saturated heterocycles. The number of rotatable bonds is 5. The minimum absolute atomic E-state index is 0.212. The Balaban J connectivity index is 2.34. The number of nitrogens with two attached hydrogens (primary N) is 1. The average molecular weight is 374 g/mol. The number of ether oxygens (including phenoxy) is 1. The summed E-state index contributed by atoms with van der Waals surface area (Å²) in [5, 5.41) is 0.559. The van der Waals surface area contributed by atoms with Crippen molar-refractivity contribution in [3.63, 3.8) is 0 Å². The molecule has 0 radical (unpaired) electrons. The van der Waals surface area contributed by atoms with Gasteiger partial charge in [0.1, 0.15) is 0 Å². The van der Waals surface area contributed by atoms with Crippen LogP contribution in [0.25, 0.3) is 0 Å². The summed E-state index contributed by atoms with van der Waals surface area (Å²) >= 11 is 9.64. The van der Waals surface area contributed by atoms with Gasteiger partial charge in [0.15, 0.2) is 11.6 Å². The molecule has 2 rings (SSSR count). The molecule has 6 heteroatoms. The highest BCUT2D eigenvalue weighted by Gasteiger charge is 2.18. The minimum Gasteiger partial charge on any atom is -0.494 e. The van der Waals surface area contributed by atoms with Gasteiger partial charge in [0, 0.05) is 4.47 Å². The fourth-order valence-electron chi connectivity index (χ4n) is 2.14. The Morgan fingerprint density at radius 1 is 1.33 bits per heavy atom. The van der Waals surface area contributed by atoms with Crippen molar-refractivity contribution in [1.29, 1.82) is 0 Å². The first-order chi connectivity index (χ1) is 10.1. The molecule has 2 aromatic carbocycles. The zero-order valence-electron chi connectivity index (χ0n) is 11.4. The SMILES string of the molecule is COc1cccc(CC(NN)c2cccc(Br)c2Cl)c1F. The van der Waals surface area contributed by atoms with Crippen molar-refractivity contribution >= 4 is 27.5 Å². The molecule has 0 aromatic heterocycles. The number of hydrogen-bond donors (Lipinski definition) is 2. The maximum Gasteiger partial charge on any atom is 0.168 e. The molecule has 0 saturated carbocycles. The molecule has 0 aliphatic carbocycles. The van der Waals surface area contributed by atoms with Crippen molar-refractivity contribution in [2.45, 2.75) is 12.5 Å². The largest absolute Gasteiger partial charge is 0.494 e. The Bertz CT molecular complexity index is 639. The predicted octanol–water partition coefficient (Wildman–Crippen LogP) is 4.00. The van der Waals surface area contributed by atoms with Crippen LogP contribution < -0.4 is 16.0 Å². The van der Waals surface area contributed by atoms with E-state index in [1.807, 2.05) is 18.2 Å². The van der Waals surface area contributed by atoms with Crippen molar-refractivity contribution in [3.05, 3.63) is 62.8 Å². The molecule has 0 spiro atoms. The van der Waals surface area contributed by atoms with Crippen LogP contribution in [0.2, 0.25) is 5.02 Å². The van der Waals surface area contributed by atoms with E-state index in [1.54, 1.807) is 18.2 Å². The third-order valence-electron chi connectivity index (χ3n) is 3.25. The Morgan fingerprint density at radius 3 is 2.71 bits per heavy atom. The second-order valence-electron chi connectivity index (χ2n) is 4.50. The van der Waals surface area contributed by atoms with Gasteiger partial charge >= 0.3 is 0 Å². The predicted molar refractivity (Wildman–Crippen MR) is 85.9 cm³/mol. The van der Waals surface area contributed by atoms with Gasteiger partial charge in [-0.3, -0.25) is 11.3 Å². The summed E-state index contributed by atoms with van der Waals surface area (Å²) in [6, 6.07) is 10.3. The fraction of sp³-hybridized carbons (Fsp3) is 0.200. The van der Waals surface area contributed by atoms with Gasteiger partial charge in [-0.15, -0.1) is 0 Å². The molecule has 21 heavy (non-hydrogen) atoms. The molecule has 0 aliphatic heterocycles. The lowest BCUT2D eigenvalue weighted by molar-refractivity contribution is 0.382. The summed E-state index contributed by atoms with van der Waals surface area (Å²) in [5.41, 5.74) is 4.00. The lowest BCUT2D eigenvalue weighted by Crippen LogP contribution is -2.30. The van der Waals surface area contributed by atoms with Crippen LogP contribution in [-0.4, -0.2) is 7.11 Å². The highest BCUT2D eigenvalue weighted by atomic mass is 79.9. The van der Waals surface area contributed by atoms with Crippen molar-refractivity contribution < 1.29 is 9.13 Å². The number of benzene rings is 2. The molecule has 1 unspecified atom stereocenters. The Kier molecular flexibility index (Phi) is 5.58. The molecule has 0 heterocycles. The molecule has 0 bridgehead atoms. The highest BCUT2D eigenvalue weighted by Crippen LogP contribution is 2.32. The first kappa shape index (κ1) is 16.2. The molecular formula is C15H15BrClFN2O. The van der Waals surface area contributed by atoms with Crippen molar-refractivity contribution in [2.24, 2.45) is 5.84 Å². The van der Waals surface area contributed by atoms with Crippen molar-refractivity contribution in [3.8, 4) is 5.75 Å². The second-order valence-corrected chi connectivity index (χ2v) is 5.73. The van der Waals surface area contributed by atoms with Gasteiger partial charge < -0.3 is 4.74 Å². The molecule has 112 valence electrons. The Morgan fingerprint density at radius 2 is 2.05 bits per heavy atom. The van der Waals surface area contributed by atoms with E-state index in [-0.39, 0.29) is 17.6 Å². The summed E-state index contributed by atoms with van der Waals surface area (Å²) in [6.07, 6.45) is 0.357. The molecule has 3 N–H and O–H groups in total. The molecule has 1 atom stereocenters. The first-order valence-corrected chi connectivity index (χ1v) is 7.47. The number of nitrogens with one attached hydrogen (secondary N) is 1. The quantitative estimate of drug-likeness (QED) is 0.615. The van der Waals surface area contributed by atoms with Gasteiger partial charge in [0.25, 0.3) is 0 Å². The molecule has 2 aromatic rings. The normalized spacial score (nSPS) is 12.2. The van der Waals surface area contributed by atoms with Crippen LogP contribution in [0.1, 0.15) is 17.2 Å². The molecule has 0 amide bonds. The van der Waals surface area contributed by atoms with Gasteiger partial charge in [-0.2, -0.15) is 0 Å². The topological polar surface area (TPSA) is 47.3 Å². The Labute approximate surface area is 136 Å². The number of hydrazine groups is 1. The van der Waals surface area contributed by atoms with E-state index in [9.17, 15) is 4.39 Å². The molecule has 0 fully saturated rings. The summed E-state index contributed by atoms with van der Waals surface area (Å²) in [7, 11) is 1.44. The van der Waals surface area contributed by atoms with E-state index in [4.69, 9.17) is 22.2 Å².